The van der Waals surface area contributed by atoms with E-state index < -0.39 is 0 Å². The summed E-state index contributed by atoms with van der Waals surface area (Å²) in [4.78, 5) is 0. The standard InChI is InChI=1S/C17H25N3O/c1-4-9-21-16-8-6-7-13(10-16)17(18)12-15-11-14(5-2)19-20(15)3/h6-8,10-11,17H,4-5,9,12,18H2,1-3H3. The van der Waals surface area contributed by atoms with Crippen LogP contribution in [0.1, 0.15) is 43.3 Å². The Morgan fingerprint density at radius 3 is 2.76 bits per heavy atom. The Balaban J connectivity index is 2.08. The monoisotopic (exact) mass is 287 g/mol. The van der Waals surface area contributed by atoms with Gasteiger partial charge in [0.2, 0.25) is 0 Å². The molecule has 0 aliphatic heterocycles. The Morgan fingerprint density at radius 1 is 1.29 bits per heavy atom. The Hall–Kier alpha value is -1.81. The van der Waals surface area contributed by atoms with Crippen LogP contribution in [0.25, 0.3) is 0 Å². The first kappa shape index (κ1) is 15.6. The van der Waals surface area contributed by atoms with Gasteiger partial charge < -0.3 is 10.5 Å². The van der Waals surface area contributed by atoms with Gasteiger partial charge in [0.15, 0.2) is 0 Å². The molecule has 1 aromatic heterocycles. The molecule has 0 fully saturated rings. The van der Waals surface area contributed by atoms with Gasteiger partial charge in [0.05, 0.1) is 12.3 Å². The second-order valence-electron chi connectivity index (χ2n) is 5.34. The summed E-state index contributed by atoms with van der Waals surface area (Å²) >= 11 is 0. The number of hydrogen-bond donors (Lipinski definition) is 1. The zero-order valence-corrected chi connectivity index (χ0v) is 13.2. The summed E-state index contributed by atoms with van der Waals surface area (Å²) in [5.74, 6) is 0.893. The second kappa shape index (κ2) is 7.27. The Kier molecular flexibility index (Phi) is 5.39. The molecule has 0 radical (unpaired) electrons. The van der Waals surface area contributed by atoms with Crippen molar-refractivity contribution in [3.8, 4) is 5.75 Å². The van der Waals surface area contributed by atoms with Crippen LogP contribution in [-0.4, -0.2) is 16.4 Å². The summed E-state index contributed by atoms with van der Waals surface area (Å²) in [6.07, 6.45) is 2.73. The van der Waals surface area contributed by atoms with E-state index in [0.717, 1.165) is 42.9 Å². The van der Waals surface area contributed by atoms with E-state index in [0.29, 0.717) is 0 Å². The minimum absolute atomic E-state index is 0.0460. The topological polar surface area (TPSA) is 53.1 Å². The van der Waals surface area contributed by atoms with Gasteiger partial charge in [-0.05, 0) is 36.6 Å². The van der Waals surface area contributed by atoms with Crippen molar-refractivity contribution in [2.24, 2.45) is 12.8 Å². The highest BCUT2D eigenvalue weighted by Gasteiger charge is 2.12. The van der Waals surface area contributed by atoms with Crippen molar-refractivity contribution in [3.05, 3.63) is 47.3 Å². The number of benzene rings is 1. The molecule has 21 heavy (non-hydrogen) atoms. The van der Waals surface area contributed by atoms with Crippen LogP contribution < -0.4 is 10.5 Å². The van der Waals surface area contributed by atoms with E-state index in [2.05, 4.69) is 31.1 Å². The van der Waals surface area contributed by atoms with Gasteiger partial charge >= 0.3 is 0 Å². The van der Waals surface area contributed by atoms with Gasteiger partial charge in [-0.15, -0.1) is 0 Å². The van der Waals surface area contributed by atoms with Crippen molar-refractivity contribution in [1.82, 2.24) is 9.78 Å². The minimum Gasteiger partial charge on any atom is -0.494 e. The number of ether oxygens (including phenoxy) is 1. The van der Waals surface area contributed by atoms with E-state index in [9.17, 15) is 0 Å². The lowest BCUT2D eigenvalue weighted by atomic mass is 10.0. The molecule has 0 bridgehead atoms. The molecule has 2 N–H and O–H groups in total. The smallest absolute Gasteiger partial charge is 0.119 e. The van der Waals surface area contributed by atoms with E-state index in [1.165, 1.54) is 5.69 Å². The molecule has 1 unspecified atom stereocenters. The van der Waals surface area contributed by atoms with Gasteiger partial charge in [0, 0.05) is 25.2 Å². The molecule has 4 nitrogen and oxygen atoms in total. The SMILES string of the molecule is CCCOc1cccc(C(N)Cc2cc(CC)nn2C)c1. The average molecular weight is 287 g/mol. The molecule has 0 saturated heterocycles. The third-order valence-electron chi connectivity index (χ3n) is 3.58. The van der Waals surface area contributed by atoms with Crippen molar-refractivity contribution in [3.63, 3.8) is 0 Å². The largest absolute Gasteiger partial charge is 0.494 e. The van der Waals surface area contributed by atoms with Crippen molar-refractivity contribution < 1.29 is 4.74 Å². The molecular formula is C17H25N3O. The molecule has 114 valence electrons. The van der Waals surface area contributed by atoms with Crippen LogP contribution in [0.2, 0.25) is 0 Å². The van der Waals surface area contributed by atoms with Crippen LogP contribution in [0, 0.1) is 0 Å². The van der Waals surface area contributed by atoms with Gasteiger partial charge in [-0.1, -0.05) is 26.0 Å². The molecule has 0 spiro atoms. The molecule has 0 saturated carbocycles. The van der Waals surface area contributed by atoms with Gasteiger partial charge in [-0.3, -0.25) is 4.68 Å². The predicted octanol–water partition coefficient (Wildman–Crippen LogP) is 3.01. The van der Waals surface area contributed by atoms with Crippen LogP contribution in [0.3, 0.4) is 0 Å². The number of nitrogens with two attached hydrogens (primary N) is 1. The second-order valence-corrected chi connectivity index (χ2v) is 5.34. The maximum atomic E-state index is 6.35. The normalized spacial score (nSPS) is 12.4. The fourth-order valence-corrected chi connectivity index (χ4v) is 2.33. The van der Waals surface area contributed by atoms with Gasteiger partial charge in [0.1, 0.15) is 5.75 Å². The summed E-state index contributed by atoms with van der Waals surface area (Å²) in [6, 6.07) is 10.2. The highest BCUT2D eigenvalue weighted by atomic mass is 16.5. The zero-order chi connectivity index (χ0) is 15.2. The molecule has 0 aliphatic carbocycles. The first-order valence-corrected chi connectivity index (χ1v) is 7.64. The molecule has 1 heterocycles. The van der Waals surface area contributed by atoms with Crippen molar-refractivity contribution in [2.75, 3.05) is 6.61 Å². The molecule has 1 atom stereocenters. The number of nitrogens with zero attached hydrogens (tertiary/aromatic N) is 2. The zero-order valence-electron chi connectivity index (χ0n) is 13.2. The first-order chi connectivity index (χ1) is 10.1. The third kappa shape index (κ3) is 4.08. The number of hydrogen-bond acceptors (Lipinski definition) is 3. The molecule has 0 aliphatic rings. The first-order valence-electron chi connectivity index (χ1n) is 7.64. The maximum Gasteiger partial charge on any atom is 0.119 e. The lowest BCUT2D eigenvalue weighted by molar-refractivity contribution is 0.317. The van der Waals surface area contributed by atoms with E-state index in [1.54, 1.807) is 0 Å². The van der Waals surface area contributed by atoms with Gasteiger partial charge in [-0.25, -0.2) is 0 Å². The lowest BCUT2D eigenvalue weighted by Crippen LogP contribution is -2.15. The number of rotatable bonds is 7. The lowest BCUT2D eigenvalue weighted by Gasteiger charge is -2.14. The Labute approximate surface area is 126 Å². The quantitative estimate of drug-likeness (QED) is 0.851. The van der Waals surface area contributed by atoms with Crippen molar-refractivity contribution >= 4 is 0 Å². The van der Waals surface area contributed by atoms with E-state index in [1.807, 2.05) is 29.9 Å². The van der Waals surface area contributed by atoms with Crippen molar-refractivity contribution in [1.29, 1.82) is 0 Å². The molecule has 0 amide bonds. The van der Waals surface area contributed by atoms with Gasteiger partial charge in [0.25, 0.3) is 0 Å². The van der Waals surface area contributed by atoms with E-state index >= 15 is 0 Å². The predicted molar refractivity (Wildman–Crippen MR) is 85.4 cm³/mol. The van der Waals surface area contributed by atoms with Crippen LogP contribution in [0.5, 0.6) is 5.75 Å². The highest BCUT2D eigenvalue weighted by molar-refractivity contribution is 5.31. The average Bonchev–Trinajstić information content (AvgIpc) is 2.85. The summed E-state index contributed by atoms with van der Waals surface area (Å²) in [5.41, 5.74) is 9.72. The molecule has 4 heteroatoms. The summed E-state index contributed by atoms with van der Waals surface area (Å²) in [6.45, 7) is 4.95. The Morgan fingerprint density at radius 2 is 2.10 bits per heavy atom. The molecule has 1 aromatic carbocycles. The van der Waals surface area contributed by atoms with E-state index in [-0.39, 0.29) is 6.04 Å². The third-order valence-corrected chi connectivity index (χ3v) is 3.58. The number of aromatic nitrogens is 2. The summed E-state index contributed by atoms with van der Waals surface area (Å²) in [5, 5.41) is 4.47. The van der Waals surface area contributed by atoms with Crippen LogP contribution >= 0.6 is 0 Å². The van der Waals surface area contributed by atoms with Crippen LogP contribution in [0.15, 0.2) is 30.3 Å². The van der Waals surface area contributed by atoms with Crippen LogP contribution in [0.4, 0.5) is 0 Å². The van der Waals surface area contributed by atoms with E-state index in [4.69, 9.17) is 10.5 Å². The minimum atomic E-state index is -0.0460. The van der Waals surface area contributed by atoms with Gasteiger partial charge in [-0.2, -0.15) is 5.10 Å². The fraction of sp³-hybridized carbons (Fsp3) is 0.471. The molecule has 2 rings (SSSR count). The summed E-state index contributed by atoms with van der Waals surface area (Å²) < 4.78 is 7.60. The van der Waals surface area contributed by atoms with Crippen LogP contribution in [-0.2, 0) is 19.9 Å². The summed E-state index contributed by atoms with van der Waals surface area (Å²) in [7, 11) is 1.97. The highest BCUT2D eigenvalue weighted by Crippen LogP contribution is 2.21. The maximum absolute atomic E-state index is 6.35. The molecular weight excluding hydrogens is 262 g/mol. The Bertz CT molecular complexity index is 577. The van der Waals surface area contributed by atoms with Crippen molar-refractivity contribution in [2.45, 2.75) is 39.2 Å². The number of aryl methyl sites for hydroxylation is 2. The fourth-order valence-electron chi connectivity index (χ4n) is 2.33. The molecule has 2 aromatic rings.